The molecule has 1 fully saturated rings. The van der Waals surface area contributed by atoms with E-state index in [0.29, 0.717) is 19.5 Å². The quantitative estimate of drug-likeness (QED) is 0.240. The highest BCUT2D eigenvalue weighted by atomic mass is 16.2. The number of nitrogens with zero attached hydrogens (tertiary/aromatic N) is 1. The lowest BCUT2D eigenvalue weighted by Gasteiger charge is -2.27. The molecular formula is C32H32N4O6. The topological polar surface area (TPSA) is 142 Å². The molecule has 0 radical (unpaired) electrons. The van der Waals surface area contributed by atoms with Gasteiger partial charge in [0.15, 0.2) is 0 Å². The van der Waals surface area contributed by atoms with Gasteiger partial charge in [0.2, 0.25) is 17.7 Å². The van der Waals surface area contributed by atoms with Gasteiger partial charge in [-0.1, -0.05) is 55.3 Å². The minimum Gasteiger partial charge on any atom is -0.356 e. The first kappa shape index (κ1) is 28.7. The Hall–Kier alpha value is -4.86. The number of piperidine rings is 1. The van der Waals surface area contributed by atoms with E-state index in [4.69, 9.17) is 0 Å². The zero-order valence-electron chi connectivity index (χ0n) is 23.1. The Bertz CT molecular complexity index is 1580. The number of amides is 6. The normalized spacial score (nSPS) is 16.4. The minimum atomic E-state index is -1.05. The van der Waals surface area contributed by atoms with Crippen molar-refractivity contribution in [3.8, 4) is 0 Å². The van der Waals surface area contributed by atoms with Gasteiger partial charge < -0.3 is 10.6 Å². The highest BCUT2D eigenvalue weighted by Gasteiger charge is 2.44. The molecule has 0 aromatic heterocycles. The predicted octanol–water partition coefficient (Wildman–Crippen LogP) is 2.89. The number of fused-ring (bicyclic) bond motifs is 2. The molecule has 1 saturated heterocycles. The minimum absolute atomic E-state index is 0.00614. The zero-order valence-corrected chi connectivity index (χ0v) is 23.1. The van der Waals surface area contributed by atoms with Crippen molar-refractivity contribution in [2.24, 2.45) is 0 Å². The number of imide groups is 2. The van der Waals surface area contributed by atoms with Crippen molar-refractivity contribution >= 4 is 46.2 Å². The van der Waals surface area contributed by atoms with Gasteiger partial charge >= 0.3 is 0 Å². The fourth-order valence-corrected chi connectivity index (χ4v) is 5.43. The van der Waals surface area contributed by atoms with Gasteiger partial charge in [-0.25, -0.2) is 0 Å². The number of rotatable bonds is 11. The summed E-state index contributed by atoms with van der Waals surface area (Å²) in [5.74, 6) is -2.75. The van der Waals surface area contributed by atoms with Crippen molar-refractivity contribution in [3.05, 3.63) is 82.9 Å². The van der Waals surface area contributed by atoms with Crippen molar-refractivity contribution < 1.29 is 28.8 Å². The molecule has 5 rings (SSSR count). The van der Waals surface area contributed by atoms with Crippen LogP contribution in [0.5, 0.6) is 0 Å². The Kier molecular flexibility index (Phi) is 8.71. The second kappa shape index (κ2) is 12.8. The second-order valence-electron chi connectivity index (χ2n) is 10.5. The molecule has 2 heterocycles. The number of carbonyl (C=O) groups is 6. The van der Waals surface area contributed by atoms with Gasteiger partial charge in [0.05, 0.1) is 17.5 Å². The summed E-state index contributed by atoms with van der Waals surface area (Å²) < 4.78 is 0. The maximum Gasteiger partial charge on any atom is 0.262 e. The van der Waals surface area contributed by atoms with Crippen molar-refractivity contribution in [3.63, 3.8) is 0 Å². The SMILES string of the molecule is O=C(Cc1cccc2ccccc12)NCCCCCCNC(=O)c1ccc2c(c1)C(=O)N(C1CCC(=O)NC1=O)C2=O. The molecule has 0 aliphatic carbocycles. The summed E-state index contributed by atoms with van der Waals surface area (Å²) in [7, 11) is 0. The molecule has 0 bridgehead atoms. The zero-order chi connectivity index (χ0) is 29.6. The molecule has 10 nitrogen and oxygen atoms in total. The van der Waals surface area contributed by atoms with Gasteiger partial charge in [0.1, 0.15) is 6.04 Å². The lowest BCUT2D eigenvalue weighted by atomic mass is 10.0. The third kappa shape index (κ3) is 6.22. The summed E-state index contributed by atoms with van der Waals surface area (Å²) in [6.07, 6.45) is 3.80. The Balaban J connectivity index is 1.01. The summed E-state index contributed by atoms with van der Waals surface area (Å²) in [5, 5.41) is 10.2. The average Bonchev–Trinajstić information content (AvgIpc) is 3.23. The van der Waals surface area contributed by atoms with Crippen molar-refractivity contribution in [1.29, 1.82) is 0 Å². The molecule has 0 saturated carbocycles. The number of hydrogen-bond acceptors (Lipinski definition) is 6. The number of carbonyl (C=O) groups excluding carboxylic acids is 6. The molecule has 2 aliphatic rings. The van der Waals surface area contributed by atoms with Crippen LogP contribution >= 0.6 is 0 Å². The van der Waals surface area contributed by atoms with Crippen LogP contribution in [-0.2, 0) is 20.8 Å². The van der Waals surface area contributed by atoms with Crippen LogP contribution < -0.4 is 16.0 Å². The second-order valence-corrected chi connectivity index (χ2v) is 10.5. The van der Waals surface area contributed by atoms with Crippen LogP contribution in [0.1, 0.15) is 75.2 Å². The number of benzene rings is 3. The number of unbranched alkanes of at least 4 members (excludes halogenated alkanes) is 3. The summed E-state index contributed by atoms with van der Waals surface area (Å²) in [6, 6.07) is 17.2. The van der Waals surface area contributed by atoms with Gasteiger partial charge in [-0.2, -0.15) is 0 Å². The van der Waals surface area contributed by atoms with Crippen LogP contribution in [0.15, 0.2) is 60.7 Å². The molecule has 2 aliphatic heterocycles. The number of hydrogen-bond donors (Lipinski definition) is 3. The molecule has 3 N–H and O–H groups in total. The monoisotopic (exact) mass is 568 g/mol. The third-order valence-corrected chi connectivity index (χ3v) is 7.64. The summed E-state index contributed by atoms with van der Waals surface area (Å²) >= 11 is 0. The highest BCUT2D eigenvalue weighted by molar-refractivity contribution is 6.24. The van der Waals surface area contributed by atoms with E-state index in [2.05, 4.69) is 16.0 Å². The fraction of sp³-hybridized carbons (Fsp3) is 0.312. The van der Waals surface area contributed by atoms with Crippen LogP contribution in [0.4, 0.5) is 0 Å². The van der Waals surface area contributed by atoms with Crippen molar-refractivity contribution in [1.82, 2.24) is 20.9 Å². The maximum atomic E-state index is 13.0. The van der Waals surface area contributed by atoms with E-state index in [1.54, 1.807) is 0 Å². The van der Waals surface area contributed by atoms with Gasteiger partial charge in [-0.05, 0) is 53.8 Å². The maximum absolute atomic E-state index is 13.0. The smallest absolute Gasteiger partial charge is 0.262 e. The lowest BCUT2D eigenvalue weighted by Crippen LogP contribution is -2.54. The highest BCUT2D eigenvalue weighted by Crippen LogP contribution is 2.28. The molecule has 1 unspecified atom stereocenters. The van der Waals surface area contributed by atoms with E-state index in [-0.39, 0.29) is 41.3 Å². The van der Waals surface area contributed by atoms with E-state index in [1.165, 1.54) is 18.2 Å². The molecule has 3 aromatic carbocycles. The van der Waals surface area contributed by atoms with Gasteiger partial charge in [-0.3, -0.25) is 39.0 Å². The van der Waals surface area contributed by atoms with Gasteiger partial charge in [-0.15, -0.1) is 0 Å². The molecule has 216 valence electrons. The van der Waals surface area contributed by atoms with E-state index in [9.17, 15) is 28.8 Å². The first-order chi connectivity index (χ1) is 20.3. The van der Waals surface area contributed by atoms with Gasteiger partial charge in [0.25, 0.3) is 17.7 Å². The molecule has 0 spiro atoms. The fourth-order valence-electron chi connectivity index (χ4n) is 5.43. The molecule has 1 atom stereocenters. The molecule has 6 amide bonds. The molecule has 3 aromatic rings. The van der Waals surface area contributed by atoms with E-state index in [0.717, 1.165) is 46.9 Å². The largest absolute Gasteiger partial charge is 0.356 e. The third-order valence-electron chi connectivity index (χ3n) is 7.64. The van der Waals surface area contributed by atoms with Crippen LogP contribution in [-0.4, -0.2) is 59.5 Å². The van der Waals surface area contributed by atoms with Crippen LogP contribution in [0.3, 0.4) is 0 Å². The first-order valence-corrected chi connectivity index (χ1v) is 14.2. The van der Waals surface area contributed by atoms with E-state index in [1.807, 2.05) is 42.5 Å². The predicted molar refractivity (Wildman–Crippen MR) is 155 cm³/mol. The standard InChI is InChI=1S/C32H32N4O6/c37-27-15-14-26(30(40)35-27)36-31(41)24-13-12-22(18-25(24)32(36)42)29(39)34-17-6-2-1-5-16-33-28(38)19-21-10-7-9-20-8-3-4-11-23(20)21/h3-4,7-13,18,26H,1-2,5-6,14-17,19H2,(H,33,38)(H,34,39)(H,35,37,40). The Morgan fingerprint density at radius 3 is 2.31 bits per heavy atom. The molecule has 10 heteroatoms. The lowest BCUT2D eigenvalue weighted by molar-refractivity contribution is -0.136. The summed E-state index contributed by atoms with van der Waals surface area (Å²) in [4.78, 5) is 75.4. The van der Waals surface area contributed by atoms with Crippen LogP contribution in [0.2, 0.25) is 0 Å². The molecule has 42 heavy (non-hydrogen) atoms. The van der Waals surface area contributed by atoms with Crippen molar-refractivity contribution in [2.75, 3.05) is 13.1 Å². The van der Waals surface area contributed by atoms with E-state index >= 15 is 0 Å². The summed E-state index contributed by atoms with van der Waals surface area (Å²) in [6.45, 7) is 1.03. The Morgan fingerprint density at radius 1 is 0.810 bits per heavy atom. The Labute approximate surface area is 242 Å². The summed E-state index contributed by atoms with van der Waals surface area (Å²) in [5.41, 5.74) is 1.45. The van der Waals surface area contributed by atoms with Gasteiger partial charge in [0, 0.05) is 25.1 Å². The van der Waals surface area contributed by atoms with Crippen molar-refractivity contribution in [2.45, 2.75) is 51.0 Å². The molecular weight excluding hydrogens is 536 g/mol. The Morgan fingerprint density at radius 2 is 1.52 bits per heavy atom. The van der Waals surface area contributed by atoms with Crippen LogP contribution in [0, 0.1) is 0 Å². The first-order valence-electron chi connectivity index (χ1n) is 14.2. The average molecular weight is 569 g/mol. The van der Waals surface area contributed by atoms with E-state index < -0.39 is 29.7 Å². The number of nitrogens with one attached hydrogen (secondary N) is 3. The van der Waals surface area contributed by atoms with Crippen LogP contribution in [0.25, 0.3) is 10.8 Å².